The summed E-state index contributed by atoms with van der Waals surface area (Å²) in [5.41, 5.74) is 11.0. The van der Waals surface area contributed by atoms with Gasteiger partial charge in [0.1, 0.15) is 5.65 Å². The summed E-state index contributed by atoms with van der Waals surface area (Å²) in [4.78, 5) is 10.0. The number of hydrogen-bond donors (Lipinski definition) is 0. The van der Waals surface area contributed by atoms with Gasteiger partial charge in [0.25, 0.3) is 0 Å². The Morgan fingerprint density at radius 1 is 0.457 bits per heavy atom. The lowest BCUT2D eigenvalue weighted by molar-refractivity contribution is 1.16. The van der Waals surface area contributed by atoms with Crippen molar-refractivity contribution in [3.8, 4) is 28.1 Å². The fourth-order valence-electron chi connectivity index (χ4n) is 7.27. The van der Waals surface area contributed by atoms with E-state index < -0.39 is 0 Å². The van der Waals surface area contributed by atoms with E-state index in [1.165, 1.54) is 49.1 Å². The summed E-state index contributed by atoms with van der Waals surface area (Å²) in [5.74, 6) is 0. The van der Waals surface area contributed by atoms with Gasteiger partial charge in [-0.1, -0.05) is 97.1 Å². The fourth-order valence-corrected chi connectivity index (χ4v) is 7.27. The molecule has 0 spiro atoms. The highest BCUT2D eigenvalue weighted by molar-refractivity contribution is 6.25. The first-order valence-electron chi connectivity index (χ1n) is 15.6. The van der Waals surface area contributed by atoms with Crippen LogP contribution in [0.4, 0.5) is 0 Å². The number of aromatic nitrogens is 4. The molecular weight excluding hydrogens is 560 g/mol. The first-order chi connectivity index (χ1) is 22.8. The van der Waals surface area contributed by atoms with Gasteiger partial charge in [-0.05, 0) is 70.4 Å². The Hall–Kier alpha value is -6.26. The molecule has 0 radical (unpaired) electrons. The highest BCUT2D eigenvalue weighted by Crippen LogP contribution is 2.39. The van der Waals surface area contributed by atoms with Crippen LogP contribution >= 0.6 is 0 Å². The molecule has 0 bridgehead atoms. The van der Waals surface area contributed by atoms with Crippen molar-refractivity contribution in [3.63, 3.8) is 0 Å². The van der Waals surface area contributed by atoms with E-state index in [4.69, 9.17) is 9.97 Å². The lowest BCUT2D eigenvalue weighted by Crippen LogP contribution is -1.95. The van der Waals surface area contributed by atoms with E-state index >= 15 is 0 Å². The molecule has 4 heteroatoms. The first kappa shape index (κ1) is 25.1. The lowest BCUT2D eigenvalue weighted by Gasteiger charge is -2.13. The van der Waals surface area contributed by atoms with E-state index in [-0.39, 0.29) is 0 Å². The van der Waals surface area contributed by atoms with Crippen molar-refractivity contribution in [2.75, 3.05) is 0 Å². The monoisotopic (exact) mass is 586 g/mol. The SMILES string of the molecule is c1ccc(-c2ccc3c(c2)c2cc(-c4cc(-n5c6ccccc6c6ccccc65)ccn4)ccc2c2c3nc3ccccn32)cc1. The quantitative estimate of drug-likeness (QED) is 0.193. The highest BCUT2D eigenvalue weighted by Gasteiger charge is 2.17. The summed E-state index contributed by atoms with van der Waals surface area (Å²) < 4.78 is 4.56. The fraction of sp³-hybridized carbons (Fsp3) is 0. The number of imidazole rings is 1. The maximum Gasteiger partial charge on any atom is 0.137 e. The summed E-state index contributed by atoms with van der Waals surface area (Å²) in [6, 6.07) is 51.9. The van der Waals surface area contributed by atoms with Gasteiger partial charge in [-0.3, -0.25) is 9.38 Å². The van der Waals surface area contributed by atoms with Crippen molar-refractivity contribution < 1.29 is 0 Å². The maximum atomic E-state index is 5.11. The summed E-state index contributed by atoms with van der Waals surface area (Å²) in [6.07, 6.45) is 4.04. The Bertz CT molecular complexity index is 2750. The Balaban J connectivity index is 1.24. The summed E-state index contributed by atoms with van der Waals surface area (Å²) >= 11 is 0. The topological polar surface area (TPSA) is 35.1 Å². The average molecular weight is 587 g/mol. The van der Waals surface area contributed by atoms with Gasteiger partial charge in [0.2, 0.25) is 0 Å². The third-order valence-corrected chi connectivity index (χ3v) is 9.35. The first-order valence-corrected chi connectivity index (χ1v) is 15.6. The molecule has 0 aliphatic heterocycles. The van der Waals surface area contributed by atoms with Gasteiger partial charge < -0.3 is 4.57 Å². The average Bonchev–Trinajstić information content (AvgIpc) is 3.68. The minimum absolute atomic E-state index is 0.937. The van der Waals surface area contributed by atoms with Crippen LogP contribution in [-0.4, -0.2) is 18.9 Å². The molecule has 0 unspecified atom stereocenters. The van der Waals surface area contributed by atoms with Crippen LogP contribution in [0, 0.1) is 0 Å². The normalized spacial score (nSPS) is 11.9. The minimum atomic E-state index is 0.937. The standard InChI is InChI=1S/C42H26N4/c1-2-10-27(11-3-1)28-17-19-33-35(24-28)36-25-29(18-20-34(36)42-41(33)44-40-16-8-9-23-45(40)42)37-26-30(21-22-43-37)46-38-14-6-4-12-31(38)32-13-5-7-15-39(32)46/h1-26H. The van der Waals surface area contributed by atoms with Crippen LogP contribution in [0.1, 0.15) is 0 Å². The number of para-hydroxylation sites is 2. The summed E-state index contributed by atoms with van der Waals surface area (Å²) in [6.45, 7) is 0. The second kappa shape index (κ2) is 9.62. The molecule has 0 fully saturated rings. The number of hydrogen-bond acceptors (Lipinski definition) is 2. The molecule has 0 aliphatic rings. The predicted octanol–water partition coefficient (Wildman–Crippen LogP) is 10.6. The zero-order valence-electron chi connectivity index (χ0n) is 24.8. The molecule has 0 atom stereocenters. The van der Waals surface area contributed by atoms with Crippen LogP contribution in [0.25, 0.3) is 88.1 Å². The van der Waals surface area contributed by atoms with E-state index in [1.54, 1.807) is 0 Å². The zero-order chi connectivity index (χ0) is 30.2. The van der Waals surface area contributed by atoms with Crippen molar-refractivity contribution in [2.24, 2.45) is 0 Å². The van der Waals surface area contributed by atoms with Crippen LogP contribution in [0.2, 0.25) is 0 Å². The van der Waals surface area contributed by atoms with Gasteiger partial charge in [0, 0.05) is 45.2 Å². The Labute approximate surface area is 264 Å². The van der Waals surface area contributed by atoms with Crippen molar-refractivity contribution in [1.82, 2.24) is 18.9 Å². The molecule has 4 aromatic heterocycles. The zero-order valence-corrected chi connectivity index (χ0v) is 24.8. The number of benzene rings is 6. The Morgan fingerprint density at radius 2 is 1.13 bits per heavy atom. The molecule has 0 amide bonds. The van der Waals surface area contributed by atoms with Gasteiger partial charge >= 0.3 is 0 Å². The molecule has 46 heavy (non-hydrogen) atoms. The van der Waals surface area contributed by atoms with E-state index in [1.807, 2.05) is 12.3 Å². The van der Waals surface area contributed by atoms with E-state index in [0.717, 1.165) is 39.0 Å². The van der Waals surface area contributed by atoms with Crippen molar-refractivity contribution in [2.45, 2.75) is 0 Å². The number of nitrogens with zero attached hydrogens (tertiary/aromatic N) is 4. The molecule has 6 aromatic carbocycles. The molecule has 10 rings (SSSR count). The largest absolute Gasteiger partial charge is 0.309 e. The number of fused-ring (bicyclic) bond motifs is 11. The molecule has 4 nitrogen and oxygen atoms in total. The van der Waals surface area contributed by atoms with Gasteiger partial charge in [0.15, 0.2) is 0 Å². The third-order valence-electron chi connectivity index (χ3n) is 9.35. The molecule has 0 aliphatic carbocycles. The van der Waals surface area contributed by atoms with Crippen LogP contribution in [-0.2, 0) is 0 Å². The number of rotatable bonds is 3. The highest BCUT2D eigenvalue weighted by atomic mass is 15.0. The van der Waals surface area contributed by atoms with Crippen LogP contribution in [0.5, 0.6) is 0 Å². The molecule has 0 saturated carbocycles. The van der Waals surface area contributed by atoms with Gasteiger partial charge in [-0.25, -0.2) is 4.98 Å². The molecular formula is C42H26N4. The summed E-state index contributed by atoms with van der Waals surface area (Å²) in [7, 11) is 0. The maximum absolute atomic E-state index is 5.11. The molecule has 214 valence electrons. The predicted molar refractivity (Wildman–Crippen MR) is 191 cm³/mol. The van der Waals surface area contributed by atoms with E-state index in [9.17, 15) is 0 Å². The van der Waals surface area contributed by atoms with Gasteiger partial charge in [-0.15, -0.1) is 0 Å². The van der Waals surface area contributed by atoms with E-state index in [0.29, 0.717) is 0 Å². The number of pyridine rings is 2. The molecule has 4 heterocycles. The molecule has 0 saturated heterocycles. The molecule has 10 aromatic rings. The molecule has 0 N–H and O–H groups in total. The van der Waals surface area contributed by atoms with Crippen LogP contribution in [0.15, 0.2) is 158 Å². The lowest BCUT2D eigenvalue weighted by atomic mass is 9.94. The van der Waals surface area contributed by atoms with Crippen molar-refractivity contribution in [3.05, 3.63) is 158 Å². The smallest absolute Gasteiger partial charge is 0.137 e. The second-order valence-corrected chi connectivity index (χ2v) is 11.9. The van der Waals surface area contributed by atoms with E-state index in [2.05, 4.69) is 155 Å². The Morgan fingerprint density at radius 3 is 1.96 bits per heavy atom. The van der Waals surface area contributed by atoms with Crippen LogP contribution in [0.3, 0.4) is 0 Å². The minimum Gasteiger partial charge on any atom is -0.309 e. The summed E-state index contributed by atoms with van der Waals surface area (Å²) in [5, 5.41) is 7.20. The van der Waals surface area contributed by atoms with Gasteiger partial charge in [-0.2, -0.15) is 0 Å². The second-order valence-electron chi connectivity index (χ2n) is 11.9. The Kier molecular flexibility index (Phi) is 5.25. The third kappa shape index (κ3) is 3.61. The van der Waals surface area contributed by atoms with Gasteiger partial charge in [0.05, 0.1) is 27.8 Å². The van der Waals surface area contributed by atoms with Crippen LogP contribution < -0.4 is 0 Å². The van der Waals surface area contributed by atoms with Crippen molar-refractivity contribution in [1.29, 1.82) is 0 Å². The van der Waals surface area contributed by atoms with Crippen molar-refractivity contribution >= 4 is 60.0 Å².